The van der Waals surface area contributed by atoms with Crippen LogP contribution in [0.5, 0.6) is 5.75 Å². The van der Waals surface area contributed by atoms with Crippen molar-refractivity contribution in [2.24, 2.45) is 5.92 Å². The average Bonchev–Trinajstić information content (AvgIpc) is 3.06. The third kappa shape index (κ3) is 5.15. The second-order valence-electron chi connectivity index (χ2n) is 8.24. The Labute approximate surface area is 196 Å². The normalized spacial score (nSPS) is 15.2. The molecule has 2 heterocycles. The molecule has 0 saturated carbocycles. The zero-order chi connectivity index (χ0) is 22.5. The highest BCUT2D eigenvalue weighted by Crippen LogP contribution is 2.25. The summed E-state index contributed by atoms with van der Waals surface area (Å²) < 4.78 is 23.2. The first kappa shape index (κ1) is 22.8. The van der Waals surface area contributed by atoms with Gasteiger partial charge in [-0.25, -0.2) is 9.07 Å². The Morgan fingerprint density at radius 2 is 1.75 bits per heavy atom. The first-order valence-electron chi connectivity index (χ1n) is 11.2. The molecular weight excluding hydrogens is 473 g/mol. The minimum atomic E-state index is -0.246. The van der Waals surface area contributed by atoms with E-state index < -0.39 is 0 Å². The zero-order valence-corrected chi connectivity index (χ0v) is 19.9. The third-order valence-corrected chi connectivity index (χ3v) is 6.97. The van der Waals surface area contributed by atoms with E-state index in [1.54, 1.807) is 16.8 Å². The van der Waals surface area contributed by atoms with E-state index >= 15 is 0 Å². The minimum absolute atomic E-state index is 0.0131. The fourth-order valence-electron chi connectivity index (χ4n) is 4.39. The van der Waals surface area contributed by atoms with E-state index in [1.807, 2.05) is 30.3 Å². The maximum absolute atomic E-state index is 13.0. The number of hydrogen-bond donors (Lipinski definition) is 0. The summed E-state index contributed by atoms with van der Waals surface area (Å²) in [6, 6.07) is 16.0. The van der Waals surface area contributed by atoms with Crippen LogP contribution in [0.3, 0.4) is 0 Å². The highest BCUT2D eigenvalue weighted by atomic mass is 79.9. The summed E-state index contributed by atoms with van der Waals surface area (Å²) in [6.07, 6.45) is 3.22. The molecular formula is C25H29BrFN3O2. The van der Waals surface area contributed by atoms with Crippen LogP contribution in [0.1, 0.15) is 31.9 Å². The smallest absolute Gasteiger partial charge is 0.286 e. The van der Waals surface area contributed by atoms with Crippen LogP contribution >= 0.6 is 15.9 Å². The van der Waals surface area contributed by atoms with Crippen LogP contribution in [0.2, 0.25) is 0 Å². The number of ether oxygens (including phenoxy) is 1. The molecule has 0 radical (unpaired) electrons. The van der Waals surface area contributed by atoms with Crippen LogP contribution in [0.25, 0.3) is 5.69 Å². The van der Waals surface area contributed by atoms with Crippen molar-refractivity contribution in [3.63, 3.8) is 0 Å². The molecule has 0 amide bonds. The molecule has 1 aromatic heterocycles. The van der Waals surface area contributed by atoms with Crippen LogP contribution in [0, 0.1) is 11.7 Å². The summed E-state index contributed by atoms with van der Waals surface area (Å²) in [5, 5.41) is 0. The fraction of sp³-hybridized carbons (Fsp3) is 0.400. The van der Waals surface area contributed by atoms with E-state index in [4.69, 9.17) is 4.74 Å². The van der Waals surface area contributed by atoms with Crippen LogP contribution in [0.15, 0.2) is 63.9 Å². The summed E-state index contributed by atoms with van der Waals surface area (Å²) in [7, 11) is 0. The summed E-state index contributed by atoms with van der Waals surface area (Å²) in [4.78, 5) is 15.4. The van der Waals surface area contributed by atoms with Gasteiger partial charge in [-0.3, -0.25) is 14.4 Å². The highest BCUT2D eigenvalue weighted by molar-refractivity contribution is 9.10. The van der Waals surface area contributed by atoms with Crippen molar-refractivity contribution in [1.29, 1.82) is 0 Å². The number of hydrogen-bond acceptors (Lipinski definition) is 3. The molecule has 1 saturated heterocycles. The lowest BCUT2D eigenvalue weighted by molar-refractivity contribution is 0.154. The summed E-state index contributed by atoms with van der Waals surface area (Å²) in [5.74, 6) is 1.09. The number of halogens is 2. The molecule has 0 spiro atoms. The zero-order valence-electron chi connectivity index (χ0n) is 18.3. The van der Waals surface area contributed by atoms with Crippen molar-refractivity contribution in [2.75, 3.05) is 19.7 Å². The SMILES string of the molecule is CCn1c(CN2CCC(CCOc3ccc(F)cc3)CC2)c(Br)c(=O)n1-c1ccccc1. The molecule has 0 unspecified atom stereocenters. The lowest BCUT2D eigenvalue weighted by Crippen LogP contribution is -2.34. The molecule has 0 bridgehead atoms. The Kier molecular flexibility index (Phi) is 7.48. The van der Waals surface area contributed by atoms with Crippen LogP contribution in [-0.4, -0.2) is 34.0 Å². The van der Waals surface area contributed by atoms with Gasteiger partial charge < -0.3 is 4.74 Å². The molecule has 0 aliphatic carbocycles. The number of benzene rings is 2. The van der Waals surface area contributed by atoms with Crippen LogP contribution in [-0.2, 0) is 13.1 Å². The molecule has 1 aliphatic rings. The van der Waals surface area contributed by atoms with Crippen molar-refractivity contribution in [2.45, 2.75) is 39.3 Å². The van der Waals surface area contributed by atoms with Crippen LogP contribution < -0.4 is 10.3 Å². The predicted molar refractivity (Wildman–Crippen MR) is 128 cm³/mol. The highest BCUT2D eigenvalue weighted by Gasteiger charge is 2.24. The van der Waals surface area contributed by atoms with Gasteiger partial charge in [0.15, 0.2) is 0 Å². The first-order valence-corrected chi connectivity index (χ1v) is 12.0. The lowest BCUT2D eigenvalue weighted by Gasteiger charge is -2.32. The van der Waals surface area contributed by atoms with E-state index in [0.717, 1.165) is 56.8 Å². The molecule has 32 heavy (non-hydrogen) atoms. The summed E-state index contributed by atoms with van der Waals surface area (Å²) in [5.41, 5.74) is 1.89. The Morgan fingerprint density at radius 1 is 1.06 bits per heavy atom. The van der Waals surface area contributed by atoms with E-state index in [2.05, 4.69) is 32.4 Å². The molecule has 3 aromatic rings. The number of rotatable bonds is 8. The van der Waals surface area contributed by atoms with Gasteiger partial charge in [0.05, 0.1) is 18.0 Å². The Hall–Kier alpha value is -2.38. The van der Waals surface area contributed by atoms with E-state index in [-0.39, 0.29) is 11.4 Å². The van der Waals surface area contributed by atoms with E-state index in [0.29, 0.717) is 22.7 Å². The number of para-hydroxylation sites is 1. The predicted octanol–water partition coefficient (Wildman–Crippen LogP) is 5.24. The van der Waals surface area contributed by atoms with Crippen LogP contribution in [0.4, 0.5) is 4.39 Å². The van der Waals surface area contributed by atoms with Crippen molar-refractivity contribution in [3.05, 3.63) is 80.9 Å². The van der Waals surface area contributed by atoms with Gasteiger partial charge in [0.1, 0.15) is 16.0 Å². The average molecular weight is 502 g/mol. The van der Waals surface area contributed by atoms with Gasteiger partial charge in [0, 0.05) is 13.1 Å². The number of piperidine rings is 1. The van der Waals surface area contributed by atoms with Gasteiger partial charge >= 0.3 is 0 Å². The van der Waals surface area contributed by atoms with Crippen molar-refractivity contribution in [1.82, 2.24) is 14.3 Å². The number of aromatic nitrogens is 2. The summed E-state index contributed by atoms with van der Waals surface area (Å²) >= 11 is 3.57. The van der Waals surface area contributed by atoms with Crippen molar-refractivity contribution < 1.29 is 9.13 Å². The van der Waals surface area contributed by atoms with Gasteiger partial charge in [0.2, 0.25) is 0 Å². The molecule has 4 rings (SSSR count). The Balaban J connectivity index is 1.34. The largest absolute Gasteiger partial charge is 0.494 e. The Morgan fingerprint density at radius 3 is 2.41 bits per heavy atom. The van der Waals surface area contributed by atoms with Gasteiger partial charge in [-0.05, 0) is 97.5 Å². The molecule has 0 atom stereocenters. The molecule has 170 valence electrons. The maximum atomic E-state index is 13.0. The lowest BCUT2D eigenvalue weighted by atomic mass is 9.94. The Bertz CT molecular complexity index is 1070. The standard InChI is InChI=1S/C25H29BrFN3O2/c1-2-29-23(24(26)25(31)30(29)21-6-4-3-5-7-21)18-28-15-12-19(13-16-28)14-17-32-22-10-8-20(27)9-11-22/h3-11,19H,2,12-18H2,1H3. The van der Waals surface area contributed by atoms with E-state index in [1.165, 1.54) is 12.1 Å². The maximum Gasteiger partial charge on any atom is 0.286 e. The molecule has 2 aromatic carbocycles. The second kappa shape index (κ2) is 10.5. The quantitative estimate of drug-likeness (QED) is 0.423. The molecule has 5 nitrogen and oxygen atoms in total. The molecule has 0 N–H and O–H groups in total. The van der Waals surface area contributed by atoms with Gasteiger partial charge in [-0.15, -0.1) is 0 Å². The minimum Gasteiger partial charge on any atom is -0.494 e. The number of nitrogens with zero attached hydrogens (tertiary/aromatic N) is 3. The first-order chi connectivity index (χ1) is 15.6. The fourth-order valence-corrected chi connectivity index (χ4v) is 4.89. The summed E-state index contributed by atoms with van der Waals surface area (Å²) in [6.45, 7) is 6.20. The molecule has 1 aliphatic heterocycles. The second-order valence-corrected chi connectivity index (χ2v) is 9.03. The van der Waals surface area contributed by atoms with E-state index in [9.17, 15) is 9.18 Å². The third-order valence-electron chi connectivity index (χ3n) is 6.18. The monoisotopic (exact) mass is 501 g/mol. The number of likely N-dealkylation sites (tertiary alicyclic amines) is 1. The van der Waals surface area contributed by atoms with Gasteiger partial charge in [0.25, 0.3) is 5.56 Å². The van der Waals surface area contributed by atoms with Crippen molar-refractivity contribution >= 4 is 15.9 Å². The van der Waals surface area contributed by atoms with Gasteiger partial charge in [-0.1, -0.05) is 18.2 Å². The van der Waals surface area contributed by atoms with Gasteiger partial charge in [-0.2, -0.15) is 0 Å². The molecule has 7 heteroatoms. The topological polar surface area (TPSA) is 39.4 Å². The van der Waals surface area contributed by atoms with Crippen molar-refractivity contribution in [3.8, 4) is 11.4 Å². The molecule has 1 fully saturated rings.